The molecule has 0 unspecified atom stereocenters. The van der Waals surface area contributed by atoms with Crippen LogP contribution < -0.4 is 4.74 Å². The molecular formula is C23H30O6. The zero-order valence-electron chi connectivity index (χ0n) is 17.5. The van der Waals surface area contributed by atoms with Gasteiger partial charge in [0.15, 0.2) is 0 Å². The summed E-state index contributed by atoms with van der Waals surface area (Å²) >= 11 is 0. The molecule has 158 valence electrons. The van der Waals surface area contributed by atoms with Crippen molar-refractivity contribution in [2.45, 2.75) is 77.7 Å². The van der Waals surface area contributed by atoms with E-state index in [0.717, 1.165) is 31.3 Å². The number of fused-ring (bicyclic) bond motifs is 3. The summed E-state index contributed by atoms with van der Waals surface area (Å²) in [4.78, 5) is 24.4. The average Bonchev–Trinajstić information content (AvgIpc) is 2.60. The number of hydrogen-bond donors (Lipinski definition) is 3. The van der Waals surface area contributed by atoms with E-state index < -0.39 is 17.5 Å². The van der Waals surface area contributed by atoms with Gasteiger partial charge in [0.25, 0.3) is 0 Å². The van der Waals surface area contributed by atoms with E-state index in [0.29, 0.717) is 12.0 Å². The fourth-order valence-corrected chi connectivity index (χ4v) is 4.93. The van der Waals surface area contributed by atoms with E-state index in [1.165, 1.54) is 0 Å². The summed E-state index contributed by atoms with van der Waals surface area (Å²) in [7, 11) is 0. The van der Waals surface area contributed by atoms with Crippen LogP contribution in [0.5, 0.6) is 11.5 Å². The normalized spacial score (nSPS) is 22.1. The summed E-state index contributed by atoms with van der Waals surface area (Å²) in [6, 6.07) is 0. The molecule has 0 radical (unpaired) electrons. The number of aromatic hydroxyl groups is 1. The van der Waals surface area contributed by atoms with Gasteiger partial charge in [-0.2, -0.15) is 0 Å². The van der Waals surface area contributed by atoms with Crippen LogP contribution in [0.4, 0.5) is 0 Å². The van der Waals surface area contributed by atoms with Gasteiger partial charge in [0.05, 0.1) is 0 Å². The molecule has 3 N–H and O–H groups in total. The van der Waals surface area contributed by atoms with Crippen LogP contribution in [-0.4, -0.2) is 32.9 Å². The Morgan fingerprint density at radius 3 is 2.41 bits per heavy atom. The number of carboxylic acids is 2. The second-order valence-electron chi connectivity index (χ2n) is 8.78. The first-order valence-corrected chi connectivity index (χ1v) is 10.3. The highest BCUT2D eigenvalue weighted by molar-refractivity contribution is 6.02. The number of unbranched alkanes of at least 4 members (excludes halogenated alkanes) is 2. The van der Waals surface area contributed by atoms with Crippen molar-refractivity contribution < 1.29 is 29.6 Å². The van der Waals surface area contributed by atoms with E-state index in [-0.39, 0.29) is 46.4 Å². The van der Waals surface area contributed by atoms with E-state index >= 15 is 0 Å². The van der Waals surface area contributed by atoms with Gasteiger partial charge in [0.2, 0.25) is 0 Å². The third kappa shape index (κ3) is 3.61. The first-order chi connectivity index (χ1) is 13.6. The van der Waals surface area contributed by atoms with Crippen LogP contribution in [0, 0.1) is 5.92 Å². The molecule has 0 spiro atoms. The lowest BCUT2D eigenvalue weighted by molar-refractivity contribution is 0.00908. The molecule has 1 aliphatic heterocycles. The Balaban J connectivity index is 2.34. The van der Waals surface area contributed by atoms with Gasteiger partial charge in [-0.15, -0.1) is 0 Å². The van der Waals surface area contributed by atoms with E-state index in [1.54, 1.807) is 0 Å². The number of ether oxygens (including phenoxy) is 1. The molecule has 1 aromatic carbocycles. The zero-order valence-corrected chi connectivity index (χ0v) is 17.5. The quantitative estimate of drug-likeness (QED) is 0.450. The lowest BCUT2D eigenvalue weighted by Crippen LogP contribution is -2.46. The minimum Gasteiger partial charge on any atom is -0.507 e. The highest BCUT2D eigenvalue weighted by Crippen LogP contribution is 2.56. The second kappa shape index (κ2) is 7.73. The molecule has 0 bridgehead atoms. The number of rotatable bonds is 6. The van der Waals surface area contributed by atoms with Crippen molar-refractivity contribution in [1.82, 2.24) is 0 Å². The Morgan fingerprint density at radius 1 is 1.17 bits per heavy atom. The lowest BCUT2D eigenvalue weighted by Gasteiger charge is -2.47. The fraction of sp³-hybridized carbons (Fsp3) is 0.565. The molecule has 6 nitrogen and oxygen atoms in total. The topological polar surface area (TPSA) is 104 Å². The zero-order chi connectivity index (χ0) is 21.5. The van der Waals surface area contributed by atoms with Crippen molar-refractivity contribution in [3.05, 3.63) is 33.9 Å². The van der Waals surface area contributed by atoms with E-state index in [2.05, 4.69) is 0 Å². The summed E-state index contributed by atoms with van der Waals surface area (Å²) in [6.45, 7) is 7.90. The molecule has 3 rings (SSSR count). The van der Waals surface area contributed by atoms with Crippen LogP contribution in [0.3, 0.4) is 0 Å². The van der Waals surface area contributed by atoms with Crippen LogP contribution in [0.25, 0.3) is 0 Å². The largest absolute Gasteiger partial charge is 0.507 e. The Labute approximate surface area is 171 Å². The lowest BCUT2D eigenvalue weighted by atomic mass is 9.67. The maximum Gasteiger partial charge on any atom is 0.339 e. The molecule has 1 heterocycles. The summed E-state index contributed by atoms with van der Waals surface area (Å²) in [5, 5.41) is 30.9. The Hall–Kier alpha value is -2.50. The highest BCUT2D eigenvalue weighted by atomic mass is 16.5. The molecule has 0 aromatic heterocycles. The predicted molar refractivity (Wildman–Crippen MR) is 109 cm³/mol. The fourth-order valence-electron chi connectivity index (χ4n) is 4.93. The number of hydrogen-bond acceptors (Lipinski definition) is 4. The van der Waals surface area contributed by atoms with Crippen LogP contribution in [-0.2, 0) is 6.42 Å². The van der Waals surface area contributed by atoms with E-state index in [4.69, 9.17) is 4.74 Å². The van der Waals surface area contributed by atoms with Crippen LogP contribution in [0.15, 0.2) is 11.6 Å². The summed E-state index contributed by atoms with van der Waals surface area (Å²) in [6.07, 6.45) is 6.44. The van der Waals surface area contributed by atoms with Gasteiger partial charge in [0, 0.05) is 17.4 Å². The van der Waals surface area contributed by atoms with Crippen LogP contribution in [0.1, 0.15) is 97.6 Å². The smallest absolute Gasteiger partial charge is 0.339 e. The maximum absolute atomic E-state index is 12.3. The molecule has 0 fully saturated rings. The monoisotopic (exact) mass is 402 g/mol. The van der Waals surface area contributed by atoms with Crippen LogP contribution in [0.2, 0.25) is 0 Å². The minimum absolute atomic E-state index is 0.0267. The number of carboxylic acid groups (broad SMARTS) is 2. The molecular weight excluding hydrogens is 372 g/mol. The van der Waals surface area contributed by atoms with Gasteiger partial charge in [0.1, 0.15) is 28.2 Å². The molecule has 29 heavy (non-hydrogen) atoms. The summed E-state index contributed by atoms with van der Waals surface area (Å²) in [5.74, 6) is -3.00. The molecule has 1 aliphatic carbocycles. The Bertz CT molecular complexity index is 880. The van der Waals surface area contributed by atoms with Crippen LogP contribution >= 0.6 is 0 Å². The number of benzene rings is 1. The van der Waals surface area contributed by atoms with Gasteiger partial charge >= 0.3 is 11.9 Å². The average molecular weight is 402 g/mol. The minimum atomic E-state index is -1.31. The van der Waals surface area contributed by atoms with Gasteiger partial charge in [-0.05, 0) is 52.0 Å². The van der Waals surface area contributed by atoms with Crippen molar-refractivity contribution in [3.63, 3.8) is 0 Å². The van der Waals surface area contributed by atoms with Gasteiger partial charge < -0.3 is 20.1 Å². The van der Waals surface area contributed by atoms with E-state index in [9.17, 15) is 24.9 Å². The maximum atomic E-state index is 12.3. The Kier molecular flexibility index (Phi) is 5.65. The standard InChI is InChI=1S/C23H30O6/c1-5-6-7-8-13-17(21(25)26)19(24)16-14-11-12(2)9-10-15(14)23(3,4)29-20(16)18(13)22(27)28/h11,14-15,24H,5-10H2,1-4H3,(H,25,26)(H,27,28)/t14-,15-/m1/s1. The number of phenols is 1. The number of allylic oxidation sites excluding steroid dienone is 2. The molecule has 0 saturated carbocycles. The number of carbonyl (C=O) groups is 2. The molecule has 2 atom stereocenters. The SMILES string of the molecule is CCCCCc1c(C(=O)O)c(O)c2c(c1C(=O)O)OC(C)(C)[C@@H]1CCC(C)=C[C@@H]21. The van der Waals surface area contributed by atoms with Gasteiger partial charge in [-0.1, -0.05) is 31.4 Å². The van der Waals surface area contributed by atoms with Crippen molar-refractivity contribution in [3.8, 4) is 11.5 Å². The first-order valence-electron chi connectivity index (χ1n) is 10.3. The predicted octanol–water partition coefficient (Wildman–Crippen LogP) is 5.13. The molecule has 0 amide bonds. The second-order valence-corrected chi connectivity index (χ2v) is 8.78. The third-order valence-electron chi connectivity index (χ3n) is 6.36. The highest BCUT2D eigenvalue weighted by Gasteiger charge is 2.48. The molecule has 0 saturated heterocycles. The molecule has 6 heteroatoms. The molecule has 1 aromatic rings. The summed E-state index contributed by atoms with van der Waals surface area (Å²) in [5.41, 5.74) is 0.569. The van der Waals surface area contributed by atoms with Gasteiger partial charge in [-0.3, -0.25) is 0 Å². The van der Waals surface area contributed by atoms with Crippen molar-refractivity contribution in [1.29, 1.82) is 0 Å². The summed E-state index contributed by atoms with van der Waals surface area (Å²) < 4.78 is 6.22. The third-order valence-corrected chi connectivity index (χ3v) is 6.36. The first kappa shape index (κ1) is 21.2. The Morgan fingerprint density at radius 2 is 1.83 bits per heavy atom. The van der Waals surface area contributed by atoms with E-state index in [1.807, 2.05) is 33.8 Å². The molecule has 2 aliphatic rings. The van der Waals surface area contributed by atoms with Crippen molar-refractivity contribution >= 4 is 11.9 Å². The van der Waals surface area contributed by atoms with Crippen molar-refractivity contribution in [2.75, 3.05) is 0 Å². The van der Waals surface area contributed by atoms with Gasteiger partial charge in [-0.25, -0.2) is 9.59 Å². The number of aromatic carboxylic acids is 2. The van der Waals surface area contributed by atoms with Crippen molar-refractivity contribution in [2.24, 2.45) is 5.92 Å².